The Hall–Kier alpha value is -3.00. The molecular formula is C27H31N3O3S. The second-order valence-corrected chi connectivity index (χ2v) is 10.6. The van der Waals surface area contributed by atoms with Crippen LogP contribution in [0, 0.1) is 0 Å². The zero-order valence-electron chi connectivity index (χ0n) is 19.5. The summed E-state index contributed by atoms with van der Waals surface area (Å²) in [6.45, 7) is 2.62. The third-order valence-corrected chi connectivity index (χ3v) is 7.44. The first-order valence-corrected chi connectivity index (χ1v) is 13.4. The smallest absolute Gasteiger partial charge is 0.237 e. The molecule has 0 aromatic heterocycles. The van der Waals surface area contributed by atoms with Crippen LogP contribution in [-0.2, 0) is 21.4 Å². The van der Waals surface area contributed by atoms with Crippen molar-refractivity contribution < 1.29 is 13.2 Å². The Morgan fingerprint density at radius 1 is 0.794 bits per heavy atom. The first kappa shape index (κ1) is 24.1. The number of benzene rings is 3. The van der Waals surface area contributed by atoms with Gasteiger partial charge in [0.25, 0.3) is 0 Å². The van der Waals surface area contributed by atoms with Crippen LogP contribution in [0.1, 0.15) is 22.7 Å². The van der Waals surface area contributed by atoms with E-state index in [-0.39, 0.29) is 25.0 Å². The van der Waals surface area contributed by atoms with Gasteiger partial charge in [0.15, 0.2) is 0 Å². The van der Waals surface area contributed by atoms with Crippen LogP contribution >= 0.6 is 0 Å². The molecular weight excluding hydrogens is 446 g/mol. The number of rotatable bonds is 8. The van der Waals surface area contributed by atoms with Crippen molar-refractivity contribution in [3.63, 3.8) is 0 Å². The number of nitrogens with zero attached hydrogens (tertiary/aromatic N) is 3. The highest BCUT2D eigenvalue weighted by atomic mass is 32.2. The molecule has 1 saturated heterocycles. The monoisotopic (exact) mass is 477 g/mol. The van der Waals surface area contributed by atoms with Crippen molar-refractivity contribution in [1.29, 1.82) is 0 Å². The fourth-order valence-electron chi connectivity index (χ4n) is 4.44. The number of amides is 1. The molecule has 3 aromatic rings. The molecule has 1 fully saturated rings. The van der Waals surface area contributed by atoms with E-state index in [0.29, 0.717) is 13.1 Å². The molecule has 1 amide bonds. The zero-order chi connectivity index (χ0) is 24.0. The van der Waals surface area contributed by atoms with Gasteiger partial charge in [-0.15, -0.1) is 0 Å². The maximum Gasteiger partial charge on any atom is 0.237 e. The minimum absolute atomic E-state index is 0.116. The summed E-state index contributed by atoms with van der Waals surface area (Å²) in [6, 6.07) is 30.3. The van der Waals surface area contributed by atoms with Crippen LogP contribution in [-0.4, -0.2) is 67.4 Å². The number of piperazine rings is 1. The average Bonchev–Trinajstić information content (AvgIpc) is 2.86. The molecule has 0 atom stereocenters. The molecule has 34 heavy (non-hydrogen) atoms. The summed E-state index contributed by atoms with van der Waals surface area (Å²) in [6.07, 6.45) is 1.16. The second-order valence-electron chi connectivity index (χ2n) is 8.66. The molecule has 0 bridgehead atoms. The van der Waals surface area contributed by atoms with Crippen molar-refractivity contribution in [2.75, 3.05) is 39.0 Å². The maximum atomic E-state index is 13.1. The lowest BCUT2D eigenvalue weighted by molar-refractivity contribution is -0.133. The van der Waals surface area contributed by atoms with Gasteiger partial charge in [-0.25, -0.2) is 8.42 Å². The van der Waals surface area contributed by atoms with Gasteiger partial charge in [-0.1, -0.05) is 91.0 Å². The Labute approximate surface area is 202 Å². The van der Waals surface area contributed by atoms with E-state index in [1.807, 2.05) is 42.5 Å². The van der Waals surface area contributed by atoms with E-state index >= 15 is 0 Å². The predicted molar refractivity (Wildman–Crippen MR) is 135 cm³/mol. The molecule has 0 aliphatic carbocycles. The van der Waals surface area contributed by atoms with Crippen LogP contribution in [0.15, 0.2) is 91.0 Å². The quantitative estimate of drug-likeness (QED) is 0.499. The summed E-state index contributed by atoms with van der Waals surface area (Å²) >= 11 is 0. The average molecular weight is 478 g/mol. The van der Waals surface area contributed by atoms with Gasteiger partial charge in [-0.3, -0.25) is 9.69 Å². The first-order valence-electron chi connectivity index (χ1n) is 11.5. The lowest BCUT2D eigenvalue weighted by atomic mass is 9.96. The largest absolute Gasteiger partial charge is 0.339 e. The number of hydrogen-bond acceptors (Lipinski definition) is 4. The Morgan fingerprint density at radius 3 is 1.74 bits per heavy atom. The van der Waals surface area contributed by atoms with E-state index in [9.17, 15) is 13.2 Å². The molecule has 0 saturated carbocycles. The highest BCUT2D eigenvalue weighted by molar-refractivity contribution is 7.88. The standard InChI is InChI=1S/C27H31N3O3S/c1-34(32,33)30(21-23-11-5-2-6-12-23)22-26(31)28-17-19-29(20-18-28)27(24-13-7-3-8-14-24)25-15-9-4-10-16-25/h2-16,27H,17-22H2,1H3. The van der Waals surface area contributed by atoms with Gasteiger partial charge in [0, 0.05) is 32.7 Å². The van der Waals surface area contributed by atoms with Crippen molar-refractivity contribution in [3.8, 4) is 0 Å². The van der Waals surface area contributed by atoms with Crippen LogP contribution in [0.25, 0.3) is 0 Å². The molecule has 178 valence electrons. The van der Waals surface area contributed by atoms with Gasteiger partial charge >= 0.3 is 0 Å². The summed E-state index contributed by atoms with van der Waals surface area (Å²) < 4.78 is 26.0. The van der Waals surface area contributed by atoms with E-state index in [1.54, 1.807) is 4.90 Å². The molecule has 6 nitrogen and oxygen atoms in total. The number of sulfonamides is 1. The maximum absolute atomic E-state index is 13.1. The fourth-order valence-corrected chi connectivity index (χ4v) is 5.17. The molecule has 7 heteroatoms. The number of hydrogen-bond donors (Lipinski definition) is 0. The lowest BCUT2D eigenvalue weighted by Crippen LogP contribution is -2.52. The van der Waals surface area contributed by atoms with Crippen LogP contribution < -0.4 is 0 Å². The van der Waals surface area contributed by atoms with Gasteiger partial charge < -0.3 is 4.90 Å². The zero-order valence-corrected chi connectivity index (χ0v) is 20.3. The van der Waals surface area contributed by atoms with E-state index in [0.717, 1.165) is 24.9 Å². The Morgan fingerprint density at radius 2 is 1.26 bits per heavy atom. The molecule has 1 heterocycles. The van der Waals surface area contributed by atoms with Crippen LogP contribution in [0.5, 0.6) is 0 Å². The highest BCUT2D eigenvalue weighted by Crippen LogP contribution is 2.29. The topological polar surface area (TPSA) is 60.9 Å². The Bertz CT molecular complexity index is 1120. The lowest BCUT2D eigenvalue weighted by Gasteiger charge is -2.40. The highest BCUT2D eigenvalue weighted by Gasteiger charge is 2.30. The molecule has 1 aliphatic heterocycles. The second kappa shape index (κ2) is 11.0. The SMILES string of the molecule is CS(=O)(=O)N(CC(=O)N1CCN(C(c2ccccc2)c2ccccc2)CC1)Cc1ccccc1. The van der Waals surface area contributed by atoms with Gasteiger partial charge in [-0.05, 0) is 16.7 Å². The third kappa shape index (κ3) is 6.11. The third-order valence-electron chi connectivity index (χ3n) is 6.25. The van der Waals surface area contributed by atoms with Crippen molar-refractivity contribution in [3.05, 3.63) is 108 Å². The summed E-state index contributed by atoms with van der Waals surface area (Å²) in [5, 5.41) is 0. The molecule has 0 unspecified atom stereocenters. The van der Waals surface area contributed by atoms with Crippen LogP contribution in [0.2, 0.25) is 0 Å². The van der Waals surface area contributed by atoms with E-state index in [2.05, 4.69) is 53.4 Å². The molecule has 0 radical (unpaired) electrons. The molecule has 3 aromatic carbocycles. The van der Waals surface area contributed by atoms with Crippen molar-refractivity contribution in [1.82, 2.24) is 14.1 Å². The fraction of sp³-hybridized carbons (Fsp3) is 0.296. The van der Waals surface area contributed by atoms with E-state index < -0.39 is 10.0 Å². The minimum atomic E-state index is -3.52. The minimum Gasteiger partial charge on any atom is -0.339 e. The first-order chi connectivity index (χ1) is 16.4. The van der Waals surface area contributed by atoms with Crippen molar-refractivity contribution in [2.24, 2.45) is 0 Å². The van der Waals surface area contributed by atoms with Crippen LogP contribution in [0.4, 0.5) is 0 Å². The Balaban J connectivity index is 1.43. The predicted octanol–water partition coefficient (Wildman–Crippen LogP) is 3.38. The number of carbonyl (C=O) groups excluding carboxylic acids is 1. The van der Waals surface area contributed by atoms with Crippen LogP contribution in [0.3, 0.4) is 0 Å². The molecule has 4 rings (SSSR count). The summed E-state index contributed by atoms with van der Waals surface area (Å²) in [5.74, 6) is -0.156. The summed E-state index contributed by atoms with van der Waals surface area (Å²) in [4.78, 5) is 17.2. The summed E-state index contributed by atoms with van der Waals surface area (Å²) in [7, 11) is -3.52. The normalized spacial score (nSPS) is 15.1. The molecule has 0 spiro atoms. The van der Waals surface area contributed by atoms with E-state index in [1.165, 1.54) is 15.4 Å². The van der Waals surface area contributed by atoms with Gasteiger partial charge in [0.2, 0.25) is 15.9 Å². The molecule has 0 N–H and O–H groups in total. The number of carbonyl (C=O) groups is 1. The van der Waals surface area contributed by atoms with Gasteiger partial charge in [0.1, 0.15) is 0 Å². The Kier molecular flexibility index (Phi) is 7.77. The van der Waals surface area contributed by atoms with Gasteiger partial charge in [0.05, 0.1) is 18.8 Å². The van der Waals surface area contributed by atoms with Gasteiger partial charge in [-0.2, -0.15) is 4.31 Å². The summed E-state index contributed by atoms with van der Waals surface area (Å²) in [5.41, 5.74) is 3.30. The molecule has 1 aliphatic rings. The van der Waals surface area contributed by atoms with Crippen molar-refractivity contribution >= 4 is 15.9 Å². The van der Waals surface area contributed by atoms with Crippen molar-refractivity contribution in [2.45, 2.75) is 12.6 Å². The van der Waals surface area contributed by atoms with E-state index in [4.69, 9.17) is 0 Å².